The molecule has 1 nitrogen and oxygen atoms in total. The Balaban J connectivity index is 0.000000810. The topological polar surface area (TPSA) is 15.8 Å². The molecular weight excluding hydrogens is 272 g/mol. The Morgan fingerprint density at radius 1 is 0.889 bits per heavy atom. The van der Waals surface area contributed by atoms with Crippen LogP contribution in [0.4, 0.5) is 4.39 Å². The number of aromatic nitrogens is 1. The van der Waals surface area contributed by atoms with E-state index < -0.39 is 0 Å². The van der Waals surface area contributed by atoms with Gasteiger partial charge in [-0.15, -0.1) is 24.8 Å². The van der Waals surface area contributed by atoms with Gasteiger partial charge in [0.1, 0.15) is 5.82 Å². The van der Waals surface area contributed by atoms with Gasteiger partial charge in [0.25, 0.3) is 0 Å². The Bertz CT molecular complexity index is 635. The lowest BCUT2D eigenvalue weighted by Crippen LogP contribution is -1.76. The number of H-pyrrole nitrogens is 1. The predicted molar refractivity (Wildman–Crippen MR) is 78.2 cm³/mol. The van der Waals surface area contributed by atoms with Crippen molar-refractivity contribution in [1.82, 2.24) is 4.98 Å². The van der Waals surface area contributed by atoms with Crippen LogP contribution in [0.3, 0.4) is 0 Å². The van der Waals surface area contributed by atoms with Crippen LogP contribution in [0.1, 0.15) is 0 Å². The number of hydrogen-bond acceptors (Lipinski definition) is 0. The molecule has 0 fully saturated rings. The van der Waals surface area contributed by atoms with Gasteiger partial charge in [-0.3, -0.25) is 0 Å². The molecule has 0 aliphatic heterocycles. The third-order valence-electron chi connectivity index (χ3n) is 2.73. The maximum atomic E-state index is 13.2. The van der Waals surface area contributed by atoms with Crippen LogP contribution in [-0.4, -0.2) is 4.98 Å². The fraction of sp³-hybridized carbons (Fsp3) is 0. The maximum absolute atomic E-state index is 13.2. The maximum Gasteiger partial charge on any atom is 0.123 e. The zero-order valence-electron chi connectivity index (χ0n) is 9.39. The molecule has 0 saturated carbocycles. The van der Waals surface area contributed by atoms with Crippen molar-refractivity contribution >= 4 is 35.7 Å². The van der Waals surface area contributed by atoms with Gasteiger partial charge in [-0.05, 0) is 23.8 Å². The summed E-state index contributed by atoms with van der Waals surface area (Å²) in [6, 6.07) is 14.8. The van der Waals surface area contributed by atoms with E-state index in [1.54, 1.807) is 12.1 Å². The number of halogens is 3. The van der Waals surface area contributed by atoms with Crippen LogP contribution >= 0.6 is 24.8 Å². The fourth-order valence-corrected chi connectivity index (χ4v) is 1.95. The second kappa shape index (κ2) is 5.89. The highest BCUT2D eigenvalue weighted by Gasteiger charge is 2.05. The van der Waals surface area contributed by atoms with Gasteiger partial charge < -0.3 is 4.98 Å². The summed E-state index contributed by atoms with van der Waals surface area (Å²) in [5, 5.41) is 0.922. The summed E-state index contributed by atoms with van der Waals surface area (Å²) in [6.07, 6.45) is 1.92. The average molecular weight is 284 g/mol. The Hall–Kier alpha value is -1.51. The molecule has 4 heteroatoms. The molecule has 0 radical (unpaired) electrons. The molecule has 0 atom stereocenters. The Morgan fingerprint density at radius 2 is 1.61 bits per heavy atom. The van der Waals surface area contributed by atoms with Gasteiger partial charge in [-0.25, -0.2) is 4.39 Å². The van der Waals surface area contributed by atoms with Crippen molar-refractivity contribution in [3.05, 3.63) is 60.5 Å². The molecule has 0 amide bonds. The molecule has 94 valence electrons. The van der Waals surface area contributed by atoms with E-state index in [1.807, 2.05) is 36.5 Å². The van der Waals surface area contributed by atoms with E-state index in [0.717, 1.165) is 22.0 Å². The van der Waals surface area contributed by atoms with Crippen molar-refractivity contribution in [2.45, 2.75) is 0 Å². The van der Waals surface area contributed by atoms with Crippen molar-refractivity contribution in [3.8, 4) is 11.1 Å². The van der Waals surface area contributed by atoms with E-state index >= 15 is 0 Å². The first kappa shape index (κ1) is 14.6. The van der Waals surface area contributed by atoms with E-state index in [2.05, 4.69) is 4.98 Å². The number of aromatic amines is 1. The van der Waals surface area contributed by atoms with Crippen LogP contribution in [0.2, 0.25) is 0 Å². The van der Waals surface area contributed by atoms with E-state index in [9.17, 15) is 4.39 Å². The smallest absolute Gasteiger partial charge is 0.123 e. The second-order valence-electron chi connectivity index (χ2n) is 3.76. The van der Waals surface area contributed by atoms with Gasteiger partial charge in [0.2, 0.25) is 0 Å². The predicted octanol–water partition coefficient (Wildman–Crippen LogP) is 4.82. The van der Waals surface area contributed by atoms with Crippen LogP contribution in [-0.2, 0) is 0 Å². The monoisotopic (exact) mass is 283 g/mol. The van der Waals surface area contributed by atoms with Crippen molar-refractivity contribution < 1.29 is 4.39 Å². The summed E-state index contributed by atoms with van der Waals surface area (Å²) in [5.41, 5.74) is 3.09. The standard InChI is InChI=1S/C14H10FN.2ClH/c15-11-6-7-14-12(8-11)13(9-16-14)10-4-2-1-3-5-10;;/h1-9,16H;2*1H. The highest BCUT2D eigenvalue weighted by atomic mass is 35.5. The van der Waals surface area contributed by atoms with Gasteiger partial charge in [-0.2, -0.15) is 0 Å². The molecule has 3 rings (SSSR count). The summed E-state index contributed by atoms with van der Waals surface area (Å²) < 4.78 is 13.2. The number of benzene rings is 2. The Morgan fingerprint density at radius 3 is 2.33 bits per heavy atom. The van der Waals surface area contributed by atoms with Gasteiger partial charge in [0, 0.05) is 22.7 Å². The number of rotatable bonds is 1. The first-order valence-electron chi connectivity index (χ1n) is 5.17. The van der Waals surface area contributed by atoms with E-state index in [4.69, 9.17) is 0 Å². The third-order valence-corrected chi connectivity index (χ3v) is 2.73. The molecule has 2 aromatic carbocycles. The van der Waals surface area contributed by atoms with Crippen molar-refractivity contribution in [2.75, 3.05) is 0 Å². The average Bonchev–Trinajstić information content (AvgIpc) is 2.73. The number of hydrogen-bond donors (Lipinski definition) is 1. The molecule has 0 aliphatic carbocycles. The van der Waals surface area contributed by atoms with Gasteiger partial charge in [-0.1, -0.05) is 30.3 Å². The molecule has 0 saturated heterocycles. The molecule has 1 heterocycles. The Labute approximate surface area is 117 Å². The minimum Gasteiger partial charge on any atom is -0.361 e. The second-order valence-corrected chi connectivity index (χ2v) is 3.76. The minimum atomic E-state index is -0.204. The van der Waals surface area contributed by atoms with Crippen LogP contribution < -0.4 is 0 Å². The summed E-state index contributed by atoms with van der Waals surface area (Å²) in [5.74, 6) is -0.204. The highest BCUT2D eigenvalue weighted by Crippen LogP contribution is 2.28. The van der Waals surface area contributed by atoms with E-state index in [1.165, 1.54) is 6.07 Å². The largest absolute Gasteiger partial charge is 0.361 e. The zero-order valence-corrected chi connectivity index (χ0v) is 11.0. The summed E-state index contributed by atoms with van der Waals surface area (Å²) in [7, 11) is 0. The van der Waals surface area contributed by atoms with Crippen LogP contribution in [0.25, 0.3) is 22.0 Å². The zero-order chi connectivity index (χ0) is 11.0. The number of nitrogens with one attached hydrogen (secondary N) is 1. The molecule has 0 bridgehead atoms. The molecule has 3 aromatic rings. The highest BCUT2D eigenvalue weighted by molar-refractivity contribution is 5.95. The first-order chi connectivity index (χ1) is 7.84. The van der Waals surface area contributed by atoms with Crippen molar-refractivity contribution in [1.29, 1.82) is 0 Å². The first-order valence-corrected chi connectivity index (χ1v) is 5.17. The van der Waals surface area contributed by atoms with Crippen LogP contribution in [0.15, 0.2) is 54.7 Å². The van der Waals surface area contributed by atoms with Gasteiger partial charge in [0.05, 0.1) is 0 Å². The summed E-state index contributed by atoms with van der Waals surface area (Å²) in [4.78, 5) is 3.15. The van der Waals surface area contributed by atoms with Gasteiger partial charge in [0.15, 0.2) is 0 Å². The Kier molecular flexibility index (Phi) is 4.76. The molecule has 1 N–H and O–H groups in total. The van der Waals surface area contributed by atoms with Crippen molar-refractivity contribution in [3.63, 3.8) is 0 Å². The molecule has 0 aliphatic rings. The van der Waals surface area contributed by atoms with Crippen LogP contribution in [0.5, 0.6) is 0 Å². The van der Waals surface area contributed by atoms with Gasteiger partial charge >= 0.3 is 0 Å². The molecule has 0 unspecified atom stereocenters. The lowest BCUT2D eigenvalue weighted by Gasteiger charge is -1.98. The quantitative estimate of drug-likeness (QED) is 0.659. The molecule has 0 spiro atoms. The minimum absolute atomic E-state index is 0. The fourth-order valence-electron chi connectivity index (χ4n) is 1.95. The third kappa shape index (κ3) is 2.50. The normalized spacial score (nSPS) is 9.61. The molecular formula is C14H12Cl2FN. The molecule has 18 heavy (non-hydrogen) atoms. The van der Waals surface area contributed by atoms with Crippen molar-refractivity contribution in [2.24, 2.45) is 0 Å². The van der Waals surface area contributed by atoms with E-state index in [0.29, 0.717) is 0 Å². The molecule has 1 aromatic heterocycles. The summed E-state index contributed by atoms with van der Waals surface area (Å²) in [6.45, 7) is 0. The SMILES string of the molecule is Cl.Cl.Fc1ccc2[nH]cc(-c3ccccc3)c2c1. The number of fused-ring (bicyclic) bond motifs is 1. The van der Waals surface area contributed by atoms with E-state index in [-0.39, 0.29) is 30.6 Å². The lowest BCUT2D eigenvalue weighted by molar-refractivity contribution is 0.630. The van der Waals surface area contributed by atoms with Crippen LogP contribution in [0, 0.1) is 5.82 Å². The summed E-state index contributed by atoms with van der Waals surface area (Å²) >= 11 is 0. The lowest BCUT2D eigenvalue weighted by atomic mass is 10.1.